The highest BCUT2D eigenvalue weighted by molar-refractivity contribution is 6.02. The number of nitrogens with one attached hydrogen (secondary N) is 1. The number of hydrogen-bond donors (Lipinski definition) is 1. The molecule has 0 bridgehead atoms. The lowest BCUT2D eigenvalue weighted by atomic mass is 10.1. The Balaban J connectivity index is 2.18. The molecule has 0 saturated carbocycles. The Kier molecular flexibility index (Phi) is 9.10. The maximum absolute atomic E-state index is 12.5. The molecule has 0 unspecified atom stereocenters. The van der Waals surface area contributed by atoms with Gasteiger partial charge in [-0.25, -0.2) is 4.79 Å². The molecule has 0 saturated heterocycles. The van der Waals surface area contributed by atoms with Gasteiger partial charge in [-0.05, 0) is 18.2 Å². The molecular formula is C23H25NO9. The maximum atomic E-state index is 12.5. The minimum absolute atomic E-state index is 0.0509. The number of rotatable bonds is 10. The molecule has 0 aliphatic rings. The zero-order chi connectivity index (χ0) is 24.4. The number of esters is 2. The summed E-state index contributed by atoms with van der Waals surface area (Å²) >= 11 is 0. The number of anilines is 1. The zero-order valence-corrected chi connectivity index (χ0v) is 18.9. The summed E-state index contributed by atoms with van der Waals surface area (Å²) in [5.74, 6) is -0.107. The van der Waals surface area contributed by atoms with Crippen molar-refractivity contribution in [1.29, 1.82) is 0 Å². The minimum Gasteiger partial charge on any atom is -0.496 e. The summed E-state index contributed by atoms with van der Waals surface area (Å²) in [7, 11) is 5.91. The van der Waals surface area contributed by atoms with Crippen molar-refractivity contribution < 1.29 is 42.8 Å². The molecule has 2 aromatic carbocycles. The summed E-state index contributed by atoms with van der Waals surface area (Å²) < 4.78 is 30.9. The van der Waals surface area contributed by atoms with Crippen molar-refractivity contribution >= 4 is 29.6 Å². The predicted molar refractivity (Wildman–Crippen MR) is 119 cm³/mol. The van der Waals surface area contributed by atoms with Gasteiger partial charge >= 0.3 is 11.9 Å². The van der Waals surface area contributed by atoms with E-state index in [1.54, 1.807) is 18.2 Å². The van der Waals surface area contributed by atoms with Crippen LogP contribution in [0.5, 0.6) is 28.7 Å². The molecule has 0 atom stereocenters. The van der Waals surface area contributed by atoms with E-state index in [9.17, 15) is 14.4 Å². The van der Waals surface area contributed by atoms with Gasteiger partial charge in [-0.2, -0.15) is 0 Å². The third-order valence-electron chi connectivity index (χ3n) is 4.20. The van der Waals surface area contributed by atoms with Crippen molar-refractivity contribution in [2.75, 3.05) is 40.4 Å². The highest BCUT2D eigenvalue weighted by Gasteiger charge is 2.14. The second-order valence-corrected chi connectivity index (χ2v) is 6.39. The third kappa shape index (κ3) is 7.17. The SMILES string of the molecule is COc1cc(OC)c(C=CC(=O)Nc2ccc(OC)c(OC(=O)COC(C)=O)c2)c(OC)c1. The molecule has 33 heavy (non-hydrogen) atoms. The molecule has 0 aliphatic carbocycles. The van der Waals surface area contributed by atoms with Crippen LogP contribution in [0.4, 0.5) is 5.69 Å². The quantitative estimate of drug-likeness (QED) is 0.325. The molecule has 2 aromatic rings. The Morgan fingerprint density at radius 2 is 1.48 bits per heavy atom. The van der Waals surface area contributed by atoms with Crippen LogP contribution in [0.15, 0.2) is 36.4 Å². The average molecular weight is 459 g/mol. The van der Waals surface area contributed by atoms with Gasteiger partial charge in [0.05, 0.1) is 34.0 Å². The van der Waals surface area contributed by atoms with Crippen molar-refractivity contribution in [1.82, 2.24) is 0 Å². The van der Waals surface area contributed by atoms with E-state index < -0.39 is 24.5 Å². The molecule has 0 spiro atoms. The van der Waals surface area contributed by atoms with E-state index in [0.717, 1.165) is 0 Å². The van der Waals surface area contributed by atoms with E-state index in [2.05, 4.69) is 10.1 Å². The van der Waals surface area contributed by atoms with Crippen LogP contribution in [0.3, 0.4) is 0 Å². The second kappa shape index (κ2) is 12.0. The molecule has 0 fully saturated rings. The van der Waals surface area contributed by atoms with Crippen molar-refractivity contribution in [2.24, 2.45) is 0 Å². The summed E-state index contributed by atoms with van der Waals surface area (Å²) in [5.41, 5.74) is 0.889. The summed E-state index contributed by atoms with van der Waals surface area (Å²) in [6.45, 7) is 0.623. The molecule has 10 heteroatoms. The average Bonchev–Trinajstić information content (AvgIpc) is 2.81. The number of amides is 1. The van der Waals surface area contributed by atoms with Gasteiger partial charge in [0.25, 0.3) is 0 Å². The van der Waals surface area contributed by atoms with Gasteiger partial charge in [-0.15, -0.1) is 0 Å². The number of carbonyl (C=O) groups excluding carboxylic acids is 3. The van der Waals surface area contributed by atoms with Gasteiger partial charge in [0.1, 0.15) is 17.2 Å². The van der Waals surface area contributed by atoms with Crippen molar-refractivity contribution in [2.45, 2.75) is 6.92 Å². The lowest BCUT2D eigenvalue weighted by molar-refractivity contribution is -0.152. The van der Waals surface area contributed by atoms with Gasteiger partial charge in [0.2, 0.25) is 5.91 Å². The van der Waals surface area contributed by atoms with Crippen LogP contribution < -0.4 is 29.0 Å². The van der Waals surface area contributed by atoms with E-state index in [1.165, 1.54) is 59.6 Å². The number of ether oxygens (including phenoxy) is 6. The maximum Gasteiger partial charge on any atom is 0.349 e. The van der Waals surface area contributed by atoms with Crippen molar-refractivity contribution in [3.63, 3.8) is 0 Å². The van der Waals surface area contributed by atoms with E-state index in [-0.39, 0.29) is 11.5 Å². The van der Waals surface area contributed by atoms with E-state index in [4.69, 9.17) is 23.7 Å². The van der Waals surface area contributed by atoms with Crippen LogP contribution in [0, 0.1) is 0 Å². The highest BCUT2D eigenvalue weighted by Crippen LogP contribution is 2.35. The standard InChI is InChI=1S/C23H25NO9/c1-14(25)32-13-23(27)33-21-10-15(6-8-18(21)29-3)24-22(26)9-7-17-19(30-4)11-16(28-2)12-20(17)31-5/h6-12H,13H2,1-5H3,(H,24,26). The molecule has 176 valence electrons. The van der Waals surface area contributed by atoms with Crippen LogP contribution in [0.2, 0.25) is 0 Å². The lowest BCUT2D eigenvalue weighted by Crippen LogP contribution is -2.18. The fraction of sp³-hybridized carbons (Fsp3) is 0.261. The Morgan fingerprint density at radius 1 is 0.848 bits per heavy atom. The van der Waals surface area contributed by atoms with Gasteiger partial charge in [-0.3, -0.25) is 9.59 Å². The second-order valence-electron chi connectivity index (χ2n) is 6.39. The topological polar surface area (TPSA) is 119 Å². The van der Waals surface area contributed by atoms with E-state index in [1.807, 2.05) is 0 Å². The number of hydrogen-bond acceptors (Lipinski definition) is 9. The first-order valence-electron chi connectivity index (χ1n) is 9.62. The fourth-order valence-corrected chi connectivity index (χ4v) is 2.69. The fourth-order valence-electron chi connectivity index (χ4n) is 2.69. The summed E-state index contributed by atoms with van der Waals surface area (Å²) in [5, 5.41) is 2.66. The normalized spacial score (nSPS) is 10.3. The molecule has 1 amide bonds. The summed E-state index contributed by atoms with van der Waals surface area (Å²) in [6.07, 6.45) is 2.83. The molecule has 0 aliphatic heterocycles. The van der Waals surface area contributed by atoms with E-state index >= 15 is 0 Å². The first kappa shape index (κ1) is 25.1. The first-order valence-corrected chi connectivity index (χ1v) is 9.62. The number of benzene rings is 2. The summed E-state index contributed by atoms with van der Waals surface area (Å²) in [4.78, 5) is 35.2. The van der Waals surface area contributed by atoms with Crippen LogP contribution in [-0.4, -0.2) is 52.9 Å². The third-order valence-corrected chi connectivity index (χ3v) is 4.20. The van der Waals surface area contributed by atoms with Crippen LogP contribution in [0.25, 0.3) is 6.08 Å². The Hall–Kier alpha value is -4.21. The first-order chi connectivity index (χ1) is 15.8. The molecule has 10 nitrogen and oxygen atoms in total. The number of carbonyl (C=O) groups is 3. The van der Waals surface area contributed by atoms with Gasteiger partial charge in [-0.1, -0.05) is 0 Å². The molecule has 1 N–H and O–H groups in total. The van der Waals surface area contributed by atoms with Crippen LogP contribution in [0.1, 0.15) is 12.5 Å². The Bertz CT molecular complexity index is 1020. The molecule has 0 heterocycles. The Morgan fingerprint density at radius 3 is 2.03 bits per heavy atom. The molecule has 0 aromatic heterocycles. The predicted octanol–water partition coefficient (Wildman–Crippen LogP) is 2.84. The molecule has 2 rings (SSSR count). The smallest absolute Gasteiger partial charge is 0.349 e. The van der Waals surface area contributed by atoms with Crippen LogP contribution in [-0.2, 0) is 19.1 Å². The molecule has 0 radical (unpaired) electrons. The Labute approximate surface area is 191 Å². The largest absolute Gasteiger partial charge is 0.496 e. The van der Waals surface area contributed by atoms with Gasteiger partial charge in [0.15, 0.2) is 18.1 Å². The van der Waals surface area contributed by atoms with Crippen LogP contribution >= 0.6 is 0 Å². The van der Waals surface area contributed by atoms with Gasteiger partial charge in [0, 0.05) is 36.9 Å². The summed E-state index contributed by atoms with van der Waals surface area (Å²) in [6, 6.07) is 7.83. The van der Waals surface area contributed by atoms with Crippen molar-refractivity contribution in [3.8, 4) is 28.7 Å². The van der Waals surface area contributed by atoms with Gasteiger partial charge < -0.3 is 33.7 Å². The minimum atomic E-state index is -0.800. The lowest BCUT2D eigenvalue weighted by Gasteiger charge is -2.13. The van der Waals surface area contributed by atoms with E-state index in [0.29, 0.717) is 28.5 Å². The number of methoxy groups -OCH3 is 4. The monoisotopic (exact) mass is 459 g/mol. The van der Waals surface area contributed by atoms with Crippen molar-refractivity contribution in [3.05, 3.63) is 42.0 Å². The zero-order valence-electron chi connectivity index (χ0n) is 18.9. The molecular weight excluding hydrogens is 434 g/mol. The highest BCUT2D eigenvalue weighted by atomic mass is 16.6.